The first-order valence-electron chi connectivity index (χ1n) is 14.6. The summed E-state index contributed by atoms with van der Waals surface area (Å²) in [4.78, 5) is 13.8. The van der Waals surface area contributed by atoms with Gasteiger partial charge >= 0.3 is 0 Å². The summed E-state index contributed by atoms with van der Waals surface area (Å²) in [5.74, 6) is 1.16. The zero-order valence-corrected chi connectivity index (χ0v) is 24.3. The van der Waals surface area contributed by atoms with E-state index in [1.807, 2.05) is 48.5 Å². The van der Waals surface area contributed by atoms with Crippen LogP contribution in [0.25, 0.3) is 11.1 Å². The van der Waals surface area contributed by atoms with Gasteiger partial charge in [-0.1, -0.05) is 135 Å². The first-order chi connectivity index (χ1) is 20.1. The minimum absolute atomic E-state index is 0.148. The van der Waals surface area contributed by atoms with E-state index in [9.17, 15) is 4.79 Å². The van der Waals surface area contributed by atoms with E-state index >= 15 is 0 Å². The summed E-state index contributed by atoms with van der Waals surface area (Å²) in [5, 5.41) is 0. The van der Waals surface area contributed by atoms with Crippen molar-refractivity contribution < 1.29 is 9.53 Å². The molecule has 206 valence electrons. The Morgan fingerprint density at radius 1 is 0.756 bits per heavy atom. The van der Waals surface area contributed by atoms with E-state index in [4.69, 9.17) is 4.74 Å². The van der Waals surface area contributed by atoms with Crippen LogP contribution < -0.4 is 0 Å². The molecule has 1 aliphatic carbocycles. The van der Waals surface area contributed by atoms with Crippen LogP contribution in [0.4, 0.5) is 0 Å². The van der Waals surface area contributed by atoms with Gasteiger partial charge in [-0.15, -0.1) is 0 Å². The number of methoxy groups -OCH3 is 1. The van der Waals surface area contributed by atoms with Crippen LogP contribution in [0, 0.1) is 5.92 Å². The van der Waals surface area contributed by atoms with Gasteiger partial charge in [0.2, 0.25) is 0 Å². The molecular formula is C39H38O2. The summed E-state index contributed by atoms with van der Waals surface area (Å²) in [6.45, 7) is 4.37. The largest absolute Gasteiger partial charge is 0.497 e. The molecule has 4 aromatic carbocycles. The lowest BCUT2D eigenvalue weighted by Crippen LogP contribution is -2.08. The summed E-state index contributed by atoms with van der Waals surface area (Å²) < 4.78 is 6.11. The summed E-state index contributed by atoms with van der Waals surface area (Å²) in [7, 11) is 1.76. The van der Waals surface area contributed by atoms with E-state index < -0.39 is 0 Å². The maximum atomic E-state index is 13.8. The van der Waals surface area contributed by atoms with Crippen LogP contribution in [-0.4, -0.2) is 12.9 Å². The molecule has 1 aliphatic rings. The second-order valence-corrected chi connectivity index (χ2v) is 10.7. The molecule has 1 atom stereocenters. The van der Waals surface area contributed by atoms with Gasteiger partial charge in [0, 0.05) is 11.1 Å². The Kier molecular flexibility index (Phi) is 9.11. The van der Waals surface area contributed by atoms with E-state index in [1.54, 1.807) is 7.11 Å². The third-order valence-electron chi connectivity index (χ3n) is 7.95. The lowest BCUT2D eigenvalue weighted by Gasteiger charge is -2.20. The average Bonchev–Trinajstić information content (AvgIpc) is 3.30. The lowest BCUT2D eigenvalue weighted by molar-refractivity contribution is 0.103. The van der Waals surface area contributed by atoms with E-state index in [0.717, 1.165) is 75.1 Å². The SMILES string of the molecule is CCCCC(/C=C(/OC)C(C)=C(c1ccccc1)c1ccccc1)CC1=C(c2ccccc2)c2ccccc2C1=O. The van der Waals surface area contributed by atoms with Crippen LogP contribution in [0.5, 0.6) is 0 Å². The first kappa shape index (κ1) is 28.1. The Morgan fingerprint density at radius 3 is 1.85 bits per heavy atom. The van der Waals surface area contributed by atoms with Gasteiger partial charge in [-0.3, -0.25) is 4.79 Å². The molecule has 0 aromatic heterocycles. The van der Waals surface area contributed by atoms with Gasteiger partial charge in [0.25, 0.3) is 0 Å². The molecule has 41 heavy (non-hydrogen) atoms. The van der Waals surface area contributed by atoms with E-state index in [-0.39, 0.29) is 11.7 Å². The molecule has 0 spiro atoms. The van der Waals surface area contributed by atoms with Crippen molar-refractivity contribution in [1.82, 2.24) is 0 Å². The normalized spacial score (nSPS) is 13.6. The fourth-order valence-corrected chi connectivity index (χ4v) is 5.93. The predicted octanol–water partition coefficient (Wildman–Crippen LogP) is 9.93. The van der Waals surface area contributed by atoms with E-state index in [2.05, 4.69) is 86.7 Å². The van der Waals surface area contributed by atoms with Crippen molar-refractivity contribution in [1.29, 1.82) is 0 Å². The average molecular weight is 539 g/mol. The molecule has 0 radical (unpaired) electrons. The number of allylic oxidation sites excluding steroid dienone is 3. The minimum Gasteiger partial charge on any atom is -0.497 e. The molecular weight excluding hydrogens is 500 g/mol. The summed E-state index contributed by atoms with van der Waals surface area (Å²) in [6.07, 6.45) is 6.10. The van der Waals surface area contributed by atoms with Gasteiger partial charge in [-0.2, -0.15) is 0 Å². The first-order valence-corrected chi connectivity index (χ1v) is 14.6. The fraction of sp³-hybridized carbons (Fsp3) is 0.205. The third kappa shape index (κ3) is 6.18. The predicted molar refractivity (Wildman–Crippen MR) is 171 cm³/mol. The number of ether oxygens (including phenoxy) is 1. The van der Waals surface area contributed by atoms with Crippen LogP contribution in [-0.2, 0) is 4.74 Å². The standard InChI is InChI=1S/C39H38O2/c1-4-5-17-29(26-35-38(32-22-13-8-14-23-32)33-24-15-16-25-34(33)39(35)40)27-36(41-3)28(2)37(30-18-9-6-10-19-30)31-20-11-7-12-21-31/h6-16,18-25,27,29H,4-5,17,26H2,1-3H3/b36-27+. The number of hydrogen-bond donors (Lipinski definition) is 0. The Morgan fingerprint density at radius 2 is 1.29 bits per heavy atom. The quantitative estimate of drug-likeness (QED) is 0.140. The van der Waals surface area contributed by atoms with Crippen molar-refractivity contribution in [2.45, 2.75) is 39.5 Å². The molecule has 5 rings (SSSR count). The summed E-state index contributed by atoms with van der Waals surface area (Å²) in [6, 6.07) is 39.4. The molecule has 0 amide bonds. The van der Waals surface area contributed by atoms with Crippen molar-refractivity contribution in [3.8, 4) is 0 Å². The highest BCUT2D eigenvalue weighted by Crippen LogP contribution is 2.41. The number of fused-ring (bicyclic) bond motifs is 1. The number of ketones is 1. The number of rotatable bonds is 11. The Balaban J connectivity index is 1.61. The Hall–Kier alpha value is -4.43. The fourth-order valence-electron chi connectivity index (χ4n) is 5.93. The highest BCUT2D eigenvalue weighted by atomic mass is 16.5. The molecule has 0 aliphatic heterocycles. The van der Waals surface area contributed by atoms with Crippen molar-refractivity contribution in [2.24, 2.45) is 5.92 Å². The van der Waals surface area contributed by atoms with Gasteiger partial charge in [0.05, 0.1) is 7.11 Å². The minimum atomic E-state index is 0.148. The van der Waals surface area contributed by atoms with Crippen molar-refractivity contribution in [2.75, 3.05) is 7.11 Å². The third-order valence-corrected chi connectivity index (χ3v) is 7.95. The number of carbonyl (C=O) groups excluding carboxylic acids is 1. The van der Waals surface area contributed by atoms with E-state index in [1.165, 1.54) is 0 Å². The molecule has 0 bridgehead atoms. The molecule has 0 fully saturated rings. The van der Waals surface area contributed by atoms with Crippen LogP contribution in [0.3, 0.4) is 0 Å². The topological polar surface area (TPSA) is 26.3 Å². The van der Waals surface area contributed by atoms with Crippen molar-refractivity contribution in [3.05, 3.63) is 166 Å². The maximum Gasteiger partial charge on any atom is 0.190 e. The van der Waals surface area contributed by atoms with Crippen LogP contribution in [0.2, 0.25) is 0 Å². The molecule has 2 heteroatoms. The zero-order chi connectivity index (χ0) is 28.6. The molecule has 0 saturated heterocycles. The molecule has 0 saturated carbocycles. The Bertz CT molecular complexity index is 1530. The molecule has 0 N–H and O–H groups in total. The van der Waals surface area contributed by atoms with Crippen LogP contribution in [0.1, 0.15) is 72.1 Å². The molecule has 4 aromatic rings. The number of Topliss-reactive ketones (excluding diaryl/α,β-unsaturated/α-hetero) is 1. The summed E-state index contributed by atoms with van der Waals surface area (Å²) >= 11 is 0. The Labute approximate surface area is 244 Å². The highest BCUT2D eigenvalue weighted by Gasteiger charge is 2.31. The van der Waals surface area contributed by atoms with Gasteiger partial charge in [-0.25, -0.2) is 0 Å². The molecule has 2 nitrogen and oxygen atoms in total. The highest BCUT2D eigenvalue weighted by molar-refractivity contribution is 6.22. The number of carbonyl (C=O) groups is 1. The van der Waals surface area contributed by atoms with Gasteiger partial charge in [-0.05, 0) is 70.7 Å². The van der Waals surface area contributed by atoms with E-state index in [0.29, 0.717) is 6.42 Å². The van der Waals surface area contributed by atoms with Crippen molar-refractivity contribution in [3.63, 3.8) is 0 Å². The number of benzene rings is 4. The second kappa shape index (κ2) is 13.3. The zero-order valence-electron chi connectivity index (χ0n) is 24.3. The second-order valence-electron chi connectivity index (χ2n) is 10.7. The molecule has 1 unspecified atom stereocenters. The number of unbranched alkanes of at least 4 members (excludes halogenated alkanes) is 1. The van der Waals surface area contributed by atoms with Gasteiger partial charge in [0.15, 0.2) is 5.78 Å². The maximum absolute atomic E-state index is 13.8. The van der Waals surface area contributed by atoms with Crippen LogP contribution in [0.15, 0.2) is 138 Å². The van der Waals surface area contributed by atoms with Crippen LogP contribution >= 0.6 is 0 Å². The van der Waals surface area contributed by atoms with Gasteiger partial charge < -0.3 is 4.74 Å². The van der Waals surface area contributed by atoms with Crippen molar-refractivity contribution >= 4 is 16.9 Å². The smallest absolute Gasteiger partial charge is 0.190 e. The number of hydrogen-bond acceptors (Lipinski definition) is 2. The lowest BCUT2D eigenvalue weighted by atomic mass is 9.87. The summed E-state index contributed by atoms with van der Waals surface area (Å²) in [5.41, 5.74) is 9.46. The molecule has 0 heterocycles. The van der Waals surface area contributed by atoms with Gasteiger partial charge in [0.1, 0.15) is 5.76 Å². The monoisotopic (exact) mass is 538 g/mol.